The summed E-state index contributed by atoms with van der Waals surface area (Å²) < 4.78 is 0.611. The first-order valence-corrected chi connectivity index (χ1v) is 2.60. The van der Waals surface area contributed by atoms with E-state index in [4.69, 9.17) is 5.21 Å². The van der Waals surface area contributed by atoms with Gasteiger partial charge in [-0.25, -0.2) is 0 Å². The molecule has 0 saturated heterocycles. The fourth-order valence-corrected chi connectivity index (χ4v) is 0.585. The van der Waals surface area contributed by atoms with Gasteiger partial charge >= 0.3 is 0 Å². The van der Waals surface area contributed by atoms with E-state index in [-0.39, 0.29) is 0 Å². The molecule has 0 bridgehead atoms. The fraction of sp³-hybridized carbons (Fsp3) is 0.167. The summed E-state index contributed by atoms with van der Waals surface area (Å²) in [5.41, 5.74) is 0.150. The maximum absolute atomic E-state index is 10.6. The fourth-order valence-electron chi connectivity index (χ4n) is 0.585. The molecule has 3 heteroatoms. The second kappa shape index (κ2) is 1.93. The van der Waals surface area contributed by atoms with Crippen molar-refractivity contribution in [3.63, 3.8) is 0 Å². The summed E-state index contributed by atoms with van der Waals surface area (Å²) in [6.45, 7) is 1.65. The van der Waals surface area contributed by atoms with E-state index in [2.05, 4.69) is 0 Å². The van der Waals surface area contributed by atoms with Gasteiger partial charge in [0.05, 0.1) is 5.69 Å². The Kier molecular flexibility index (Phi) is 1.26. The quantitative estimate of drug-likeness (QED) is 0.510. The highest BCUT2D eigenvalue weighted by Crippen LogP contribution is 1.86. The van der Waals surface area contributed by atoms with E-state index < -0.39 is 5.56 Å². The van der Waals surface area contributed by atoms with Crippen molar-refractivity contribution in [1.29, 1.82) is 0 Å². The van der Waals surface area contributed by atoms with Gasteiger partial charge in [-0.05, 0) is 13.0 Å². The minimum absolute atomic E-state index is 0.394. The van der Waals surface area contributed by atoms with Gasteiger partial charge in [-0.3, -0.25) is 4.79 Å². The summed E-state index contributed by atoms with van der Waals surface area (Å²) in [4.78, 5) is 10.6. The van der Waals surface area contributed by atoms with Crippen molar-refractivity contribution < 1.29 is 5.21 Å². The molecule has 9 heavy (non-hydrogen) atoms. The smallest absolute Gasteiger partial charge is 0.283 e. The maximum atomic E-state index is 10.6. The number of nitrogens with zero attached hydrogens (tertiary/aromatic N) is 1. The monoisotopic (exact) mass is 125 g/mol. The first-order valence-electron chi connectivity index (χ1n) is 2.60. The van der Waals surface area contributed by atoms with Crippen molar-refractivity contribution in [3.8, 4) is 0 Å². The maximum Gasteiger partial charge on any atom is 0.283 e. The van der Waals surface area contributed by atoms with Gasteiger partial charge in [-0.2, -0.15) is 4.73 Å². The molecule has 0 radical (unpaired) electrons. The van der Waals surface area contributed by atoms with Crippen LogP contribution in [0.2, 0.25) is 0 Å². The largest absolute Gasteiger partial charge is 0.425 e. The van der Waals surface area contributed by atoms with Gasteiger partial charge in [0.15, 0.2) is 0 Å². The third kappa shape index (κ3) is 0.937. The number of aromatic nitrogens is 1. The Morgan fingerprint density at radius 3 is 2.67 bits per heavy atom. The number of rotatable bonds is 0. The molecule has 0 saturated carbocycles. The highest BCUT2D eigenvalue weighted by atomic mass is 16.5. The lowest BCUT2D eigenvalue weighted by atomic mass is 10.4. The molecule has 0 aliphatic rings. The minimum Gasteiger partial charge on any atom is -0.425 e. The molecule has 0 aliphatic carbocycles. The van der Waals surface area contributed by atoms with E-state index in [0.717, 1.165) is 0 Å². The molecule has 1 aromatic heterocycles. The molecule has 1 heterocycles. The van der Waals surface area contributed by atoms with E-state index in [9.17, 15) is 4.79 Å². The standard InChI is InChI=1S/C6H7NO2/c1-5-3-2-4-6(8)7(5)9/h2-4,9H,1H3. The Balaban J connectivity index is 3.43. The van der Waals surface area contributed by atoms with Gasteiger partial charge in [0, 0.05) is 6.07 Å². The number of hydrogen-bond acceptors (Lipinski definition) is 2. The Labute approximate surface area is 52.1 Å². The second-order valence-corrected chi connectivity index (χ2v) is 1.82. The third-order valence-corrected chi connectivity index (χ3v) is 1.12. The van der Waals surface area contributed by atoms with Crippen molar-refractivity contribution in [2.45, 2.75) is 6.92 Å². The summed E-state index contributed by atoms with van der Waals surface area (Å²) in [6, 6.07) is 4.55. The number of hydrogen-bond donors (Lipinski definition) is 1. The summed E-state index contributed by atoms with van der Waals surface area (Å²) in [6.07, 6.45) is 0. The van der Waals surface area contributed by atoms with E-state index in [1.54, 1.807) is 19.1 Å². The summed E-state index contributed by atoms with van der Waals surface area (Å²) in [5.74, 6) is 0. The molecule has 0 unspecified atom stereocenters. The van der Waals surface area contributed by atoms with Crippen molar-refractivity contribution in [3.05, 3.63) is 34.2 Å². The van der Waals surface area contributed by atoms with E-state index in [0.29, 0.717) is 10.4 Å². The Morgan fingerprint density at radius 2 is 2.22 bits per heavy atom. The zero-order valence-corrected chi connectivity index (χ0v) is 5.03. The lowest BCUT2D eigenvalue weighted by Gasteiger charge is -1.96. The molecule has 1 rings (SSSR count). The van der Waals surface area contributed by atoms with Gasteiger partial charge < -0.3 is 5.21 Å². The molecular weight excluding hydrogens is 118 g/mol. The Bertz CT molecular complexity index is 264. The van der Waals surface area contributed by atoms with Gasteiger partial charge in [0.25, 0.3) is 5.56 Å². The van der Waals surface area contributed by atoms with Gasteiger partial charge in [0.2, 0.25) is 0 Å². The molecule has 48 valence electrons. The summed E-state index contributed by atoms with van der Waals surface area (Å²) >= 11 is 0. The van der Waals surface area contributed by atoms with Crippen LogP contribution in [0.5, 0.6) is 0 Å². The Morgan fingerprint density at radius 1 is 1.56 bits per heavy atom. The first kappa shape index (κ1) is 5.88. The van der Waals surface area contributed by atoms with Crippen LogP contribution in [0.1, 0.15) is 5.69 Å². The summed E-state index contributed by atoms with van der Waals surface area (Å²) in [5, 5.41) is 8.81. The molecular formula is C6H7NO2. The normalized spacial score (nSPS) is 9.44. The van der Waals surface area contributed by atoms with Crippen LogP contribution in [0, 0.1) is 6.92 Å². The topological polar surface area (TPSA) is 42.2 Å². The first-order chi connectivity index (χ1) is 4.22. The molecule has 1 N–H and O–H groups in total. The van der Waals surface area contributed by atoms with Crippen LogP contribution < -0.4 is 5.56 Å². The number of aryl methyl sites for hydroxylation is 1. The van der Waals surface area contributed by atoms with Crippen LogP contribution in [-0.4, -0.2) is 9.94 Å². The van der Waals surface area contributed by atoms with Crippen molar-refractivity contribution in [2.24, 2.45) is 0 Å². The summed E-state index contributed by atoms with van der Waals surface area (Å²) in [7, 11) is 0. The molecule has 3 nitrogen and oxygen atoms in total. The molecule has 0 fully saturated rings. The van der Waals surface area contributed by atoms with Crippen LogP contribution in [-0.2, 0) is 0 Å². The van der Waals surface area contributed by atoms with Crippen molar-refractivity contribution in [1.82, 2.24) is 4.73 Å². The predicted octanol–water partition coefficient (Wildman–Crippen LogP) is 0.394. The molecule has 0 atom stereocenters. The van der Waals surface area contributed by atoms with Gasteiger partial charge in [-0.15, -0.1) is 0 Å². The molecule has 0 aliphatic heterocycles. The average Bonchev–Trinajstić information content (AvgIpc) is 1.83. The molecule has 1 aromatic rings. The minimum atomic E-state index is -0.394. The van der Waals surface area contributed by atoms with Crippen LogP contribution in [0.3, 0.4) is 0 Å². The van der Waals surface area contributed by atoms with Gasteiger partial charge in [0.1, 0.15) is 0 Å². The lowest BCUT2D eigenvalue weighted by Crippen LogP contribution is -2.17. The van der Waals surface area contributed by atoms with Crippen LogP contribution in [0.15, 0.2) is 23.0 Å². The van der Waals surface area contributed by atoms with Crippen LogP contribution >= 0.6 is 0 Å². The zero-order chi connectivity index (χ0) is 6.85. The highest BCUT2D eigenvalue weighted by Gasteiger charge is 1.91. The van der Waals surface area contributed by atoms with Crippen LogP contribution in [0.25, 0.3) is 0 Å². The van der Waals surface area contributed by atoms with E-state index >= 15 is 0 Å². The van der Waals surface area contributed by atoms with Crippen molar-refractivity contribution >= 4 is 0 Å². The Hall–Kier alpha value is -1.25. The predicted molar refractivity (Wildman–Crippen MR) is 32.6 cm³/mol. The molecule has 0 spiro atoms. The van der Waals surface area contributed by atoms with Crippen LogP contribution in [0.4, 0.5) is 0 Å². The SMILES string of the molecule is Cc1cccc(=O)n1O. The van der Waals surface area contributed by atoms with Crippen molar-refractivity contribution in [2.75, 3.05) is 0 Å². The highest BCUT2D eigenvalue weighted by molar-refractivity contribution is 5.02. The van der Waals surface area contributed by atoms with E-state index in [1.165, 1.54) is 6.07 Å². The number of pyridine rings is 1. The average molecular weight is 125 g/mol. The molecule has 0 aromatic carbocycles. The lowest BCUT2D eigenvalue weighted by molar-refractivity contribution is 0.168. The second-order valence-electron chi connectivity index (χ2n) is 1.82. The van der Waals surface area contributed by atoms with E-state index in [1.807, 2.05) is 0 Å². The molecule has 0 amide bonds. The van der Waals surface area contributed by atoms with Gasteiger partial charge in [-0.1, -0.05) is 6.07 Å². The zero-order valence-electron chi connectivity index (χ0n) is 5.03. The third-order valence-electron chi connectivity index (χ3n) is 1.12.